The van der Waals surface area contributed by atoms with Gasteiger partial charge in [-0.15, -0.1) is 0 Å². The Balaban J connectivity index is 2.78. The summed E-state index contributed by atoms with van der Waals surface area (Å²) in [4.78, 5) is 0. The number of hydrogen-bond acceptors (Lipinski definition) is 2. The van der Waals surface area contributed by atoms with Gasteiger partial charge in [-0.1, -0.05) is 44.4 Å². The number of nitrogens with two attached hydrogens (primary N) is 1. The van der Waals surface area contributed by atoms with Crippen molar-refractivity contribution in [3.05, 3.63) is 29.3 Å². The van der Waals surface area contributed by atoms with Gasteiger partial charge in [-0.3, -0.25) is 0 Å². The monoisotopic (exact) mass is 254 g/mol. The third-order valence-electron chi connectivity index (χ3n) is 3.31. The minimum atomic E-state index is 0.000687. The lowest BCUT2D eigenvalue weighted by Gasteiger charge is -2.34. The molecule has 0 aromatic heterocycles. The molecule has 3 N–H and O–H groups in total. The van der Waals surface area contributed by atoms with Gasteiger partial charge in [-0.05, 0) is 31.0 Å². The van der Waals surface area contributed by atoms with Gasteiger partial charge in [-0.25, -0.2) is 0 Å². The molecular weight excluding hydrogens is 232 g/mol. The zero-order valence-electron chi connectivity index (χ0n) is 10.8. The summed E-state index contributed by atoms with van der Waals surface area (Å²) in [6, 6.07) is 7.84. The maximum absolute atomic E-state index is 5.99. The van der Waals surface area contributed by atoms with Gasteiger partial charge >= 0.3 is 0 Å². The molecule has 3 heteroatoms. The summed E-state index contributed by atoms with van der Waals surface area (Å²) < 4.78 is 0. The molecule has 1 aromatic rings. The lowest BCUT2D eigenvalue weighted by molar-refractivity contribution is 0.411. The molecule has 0 amide bonds. The van der Waals surface area contributed by atoms with E-state index >= 15 is 0 Å². The fraction of sp³-hybridized carbons (Fsp3) is 0.571. The Bertz CT molecular complexity index is 335. The van der Waals surface area contributed by atoms with Crippen molar-refractivity contribution >= 4 is 17.3 Å². The molecule has 96 valence electrons. The third-order valence-corrected chi connectivity index (χ3v) is 3.55. The first-order valence-electron chi connectivity index (χ1n) is 6.39. The van der Waals surface area contributed by atoms with E-state index in [0.717, 1.165) is 23.6 Å². The predicted octanol–water partition coefficient (Wildman–Crippen LogP) is 4.05. The second kappa shape index (κ2) is 6.87. The maximum atomic E-state index is 5.99. The third kappa shape index (κ3) is 4.21. The summed E-state index contributed by atoms with van der Waals surface area (Å²) in [7, 11) is 0. The van der Waals surface area contributed by atoms with Crippen LogP contribution in [-0.4, -0.2) is 12.1 Å². The number of halogens is 1. The molecule has 0 bridgehead atoms. The number of nitrogens with one attached hydrogen (secondary N) is 1. The Morgan fingerprint density at radius 2 is 2.12 bits per heavy atom. The van der Waals surface area contributed by atoms with E-state index in [1.807, 2.05) is 24.3 Å². The van der Waals surface area contributed by atoms with Crippen molar-refractivity contribution in [2.75, 3.05) is 11.9 Å². The van der Waals surface area contributed by atoms with E-state index in [0.29, 0.717) is 6.54 Å². The highest BCUT2D eigenvalue weighted by molar-refractivity contribution is 6.30. The summed E-state index contributed by atoms with van der Waals surface area (Å²) in [6.45, 7) is 5.03. The Morgan fingerprint density at radius 3 is 2.65 bits per heavy atom. The van der Waals surface area contributed by atoms with Gasteiger partial charge in [0, 0.05) is 22.8 Å². The molecular formula is C14H23ClN2. The van der Waals surface area contributed by atoms with E-state index in [-0.39, 0.29) is 5.54 Å². The Kier molecular flexibility index (Phi) is 5.79. The molecule has 2 nitrogen and oxygen atoms in total. The van der Waals surface area contributed by atoms with Gasteiger partial charge in [0.15, 0.2) is 0 Å². The quantitative estimate of drug-likeness (QED) is 0.770. The van der Waals surface area contributed by atoms with E-state index in [1.54, 1.807) is 0 Å². The highest BCUT2D eigenvalue weighted by Crippen LogP contribution is 2.25. The van der Waals surface area contributed by atoms with Gasteiger partial charge in [0.2, 0.25) is 0 Å². The molecule has 0 fully saturated rings. The zero-order valence-corrected chi connectivity index (χ0v) is 11.6. The first kappa shape index (κ1) is 14.3. The van der Waals surface area contributed by atoms with Crippen LogP contribution < -0.4 is 11.1 Å². The standard InChI is InChI=1S/C14H23ClN2/c1-3-5-9-14(4-2,11-16)17-13-8-6-7-12(15)10-13/h6-8,10,17H,3-5,9,11,16H2,1-2H3. The highest BCUT2D eigenvalue weighted by atomic mass is 35.5. The SMILES string of the molecule is CCCCC(CC)(CN)Nc1cccc(Cl)c1. The molecule has 1 unspecified atom stereocenters. The van der Waals surface area contributed by atoms with Gasteiger partial charge in [0.25, 0.3) is 0 Å². The maximum Gasteiger partial charge on any atom is 0.0493 e. The van der Waals surface area contributed by atoms with Gasteiger partial charge in [0.05, 0.1) is 0 Å². The van der Waals surface area contributed by atoms with E-state index in [2.05, 4.69) is 19.2 Å². The van der Waals surface area contributed by atoms with Crippen LogP contribution in [-0.2, 0) is 0 Å². The molecule has 1 rings (SSSR count). The molecule has 0 aliphatic heterocycles. The number of unbranched alkanes of at least 4 members (excludes halogenated alkanes) is 1. The number of benzene rings is 1. The van der Waals surface area contributed by atoms with Crippen LogP contribution >= 0.6 is 11.6 Å². The molecule has 0 aliphatic rings. The summed E-state index contributed by atoms with van der Waals surface area (Å²) >= 11 is 5.99. The predicted molar refractivity (Wildman–Crippen MR) is 76.7 cm³/mol. The molecule has 1 atom stereocenters. The fourth-order valence-corrected chi connectivity index (χ4v) is 2.20. The first-order valence-corrected chi connectivity index (χ1v) is 6.77. The topological polar surface area (TPSA) is 38.0 Å². The van der Waals surface area contributed by atoms with Crippen LogP contribution in [0.1, 0.15) is 39.5 Å². The Labute approximate surface area is 110 Å². The summed E-state index contributed by atoms with van der Waals surface area (Å²) in [5, 5.41) is 4.32. The average molecular weight is 255 g/mol. The highest BCUT2D eigenvalue weighted by Gasteiger charge is 2.25. The lowest BCUT2D eigenvalue weighted by atomic mass is 9.89. The van der Waals surface area contributed by atoms with E-state index in [1.165, 1.54) is 12.8 Å². The number of rotatable bonds is 7. The van der Waals surface area contributed by atoms with Crippen molar-refractivity contribution in [1.82, 2.24) is 0 Å². The number of hydrogen-bond donors (Lipinski definition) is 2. The molecule has 0 saturated heterocycles. The minimum Gasteiger partial charge on any atom is -0.378 e. The van der Waals surface area contributed by atoms with Crippen molar-refractivity contribution in [3.63, 3.8) is 0 Å². The minimum absolute atomic E-state index is 0.000687. The molecule has 1 aromatic carbocycles. The van der Waals surface area contributed by atoms with Gasteiger partial charge in [-0.2, -0.15) is 0 Å². The van der Waals surface area contributed by atoms with Gasteiger partial charge in [0.1, 0.15) is 0 Å². The molecule has 0 radical (unpaired) electrons. The van der Waals surface area contributed by atoms with Crippen molar-refractivity contribution in [1.29, 1.82) is 0 Å². The van der Waals surface area contributed by atoms with Crippen molar-refractivity contribution in [3.8, 4) is 0 Å². The van der Waals surface area contributed by atoms with Crippen molar-refractivity contribution in [2.45, 2.75) is 45.1 Å². The van der Waals surface area contributed by atoms with Crippen LogP contribution in [0.4, 0.5) is 5.69 Å². The second-order valence-corrected chi connectivity index (χ2v) is 5.01. The van der Waals surface area contributed by atoms with Crippen LogP contribution in [0.5, 0.6) is 0 Å². The second-order valence-electron chi connectivity index (χ2n) is 4.58. The zero-order chi connectivity index (χ0) is 12.7. The van der Waals surface area contributed by atoms with E-state index in [9.17, 15) is 0 Å². The van der Waals surface area contributed by atoms with Crippen molar-refractivity contribution in [2.24, 2.45) is 5.73 Å². The summed E-state index contributed by atoms with van der Waals surface area (Å²) in [5.41, 5.74) is 7.01. The first-order chi connectivity index (χ1) is 8.15. The summed E-state index contributed by atoms with van der Waals surface area (Å²) in [6.07, 6.45) is 4.51. The molecule has 0 saturated carbocycles. The summed E-state index contributed by atoms with van der Waals surface area (Å²) in [5.74, 6) is 0. The lowest BCUT2D eigenvalue weighted by Crippen LogP contribution is -2.45. The van der Waals surface area contributed by atoms with Crippen LogP contribution in [0.3, 0.4) is 0 Å². The molecule has 17 heavy (non-hydrogen) atoms. The Morgan fingerprint density at radius 1 is 1.35 bits per heavy atom. The van der Waals surface area contributed by atoms with Crippen LogP contribution in [0.25, 0.3) is 0 Å². The van der Waals surface area contributed by atoms with E-state index in [4.69, 9.17) is 17.3 Å². The molecule has 0 aliphatic carbocycles. The fourth-order valence-electron chi connectivity index (χ4n) is 2.01. The number of anilines is 1. The average Bonchev–Trinajstić information content (AvgIpc) is 2.35. The van der Waals surface area contributed by atoms with Crippen molar-refractivity contribution < 1.29 is 0 Å². The smallest absolute Gasteiger partial charge is 0.0493 e. The Hall–Kier alpha value is -0.730. The van der Waals surface area contributed by atoms with Crippen LogP contribution in [0, 0.1) is 0 Å². The normalized spacial score (nSPS) is 14.4. The van der Waals surface area contributed by atoms with Crippen LogP contribution in [0.15, 0.2) is 24.3 Å². The molecule has 0 spiro atoms. The molecule has 0 heterocycles. The van der Waals surface area contributed by atoms with Crippen LogP contribution in [0.2, 0.25) is 5.02 Å². The largest absolute Gasteiger partial charge is 0.378 e. The van der Waals surface area contributed by atoms with E-state index < -0.39 is 0 Å². The van der Waals surface area contributed by atoms with Gasteiger partial charge < -0.3 is 11.1 Å².